The molecule has 6 nitrogen and oxygen atoms in total. The minimum Gasteiger partial charge on any atom is -0.394 e. The Labute approximate surface area is 122 Å². The third-order valence-electron chi connectivity index (χ3n) is 2.69. The van der Waals surface area contributed by atoms with Crippen molar-refractivity contribution in [3.05, 3.63) is 41.2 Å². The highest BCUT2D eigenvalue weighted by molar-refractivity contribution is 7.92. The normalized spacial score (nSPS) is 11.6. The molecule has 0 aliphatic heterocycles. The summed E-state index contributed by atoms with van der Waals surface area (Å²) in [6, 6.07) is 4.97. The minimum absolute atomic E-state index is 0.0327. The molecule has 8 heteroatoms. The van der Waals surface area contributed by atoms with Crippen molar-refractivity contribution in [2.24, 2.45) is 0 Å². The fourth-order valence-corrected chi connectivity index (χ4v) is 2.86. The number of anilines is 1. The molecule has 0 aliphatic carbocycles. The van der Waals surface area contributed by atoms with Gasteiger partial charge in [-0.3, -0.25) is 9.40 Å². The van der Waals surface area contributed by atoms with E-state index in [4.69, 9.17) is 16.7 Å². The Balaban J connectivity index is 2.28. The van der Waals surface area contributed by atoms with Crippen LogP contribution in [0.2, 0.25) is 5.02 Å². The molecule has 20 heavy (non-hydrogen) atoms. The maximum Gasteiger partial charge on any atom is 0.265 e. The van der Waals surface area contributed by atoms with Gasteiger partial charge in [0.1, 0.15) is 4.90 Å². The molecule has 0 radical (unpaired) electrons. The van der Waals surface area contributed by atoms with Crippen molar-refractivity contribution in [2.45, 2.75) is 18.4 Å². The highest BCUT2D eigenvalue weighted by Gasteiger charge is 2.17. The zero-order chi connectivity index (χ0) is 14.8. The van der Waals surface area contributed by atoms with E-state index in [1.54, 1.807) is 25.1 Å². The molecule has 0 bridgehead atoms. The lowest BCUT2D eigenvalue weighted by Gasteiger charge is -2.09. The molecule has 1 heterocycles. The van der Waals surface area contributed by atoms with Crippen LogP contribution in [-0.2, 0) is 16.6 Å². The molecule has 2 rings (SSSR count). The summed E-state index contributed by atoms with van der Waals surface area (Å²) in [5, 5.41) is 13.1. The van der Waals surface area contributed by atoms with Crippen LogP contribution in [0, 0.1) is 6.92 Å². The van der Waals surface area contributed by atoms with Crippen molar-refractivity contribution < 1.29 is 13.5 Å². The second kappa shape index (κ2) is 5.82. The SMILES string of the molecule is Cc1ccc(Cl)cc1NS(=O)(=O)c1cnn(CCO)c1. The van der Waals surface area contributed by atoms with Gasteiger partial charge in [-0.15, -0.1) is 0 Å². The van der Waals surface area contributed by atoms with Crippen LogP contribution in [0.15, 0.2) is 35.5 Å². The Morgan fingerprint density at radius 2 is 2.20 bits per heavy atom. The van der Waals surface area contributed by atoms with Crippen LogP contribution in [0.5, 0.6) is 0 Å². The number of hydrogen-bond donors (Lipinski definition) is 2. The van der Waals surface area contributed by atoms with E-state index >= 15 is 0 Å². The molecular weight excluding hydrogens is 302 g/mol. The number of aromatic nitrogens is 2. The van der Waals surface area contributed by atoms with E-state index in [2.05, 4.69) is 9.82 Å². The van der Waals surface area contributed by atoms with Gasteiger partial charge in [0, 0.05) is 11.2 Å². The highest BCUT2D eigenvalue weighted by Crippen LogP contribution is 2.23. The Morgan fingerprint density at radius 3 is 2.90 bits per heavy atom. The zero-order valence-electron chi connectivity index (χ0n) is 10.7. The number of aryl methyl sites for hydroxylation is 1. The highest BCUT2D eigenvalue weighted by atomic mass is 35.5. The summed E-state index contributed by atoms with van der Waals surface area (Å²) in [6.45, 7) is 1.91. The van der Waals surface area contributed by atoms with E-state index in [0.29, 0.717) is 10.7 Å². The topological polar surface area (TPSA) is 84.2 Å². The molecule has 0 aliphatic rings. The van der Waals surface area contributed by atoms with Gasteiger partial charge in [-0.05, 0) is 24.6 Å². The number of halogens is 1. The van der Waals surface area contributed by atoms with Gasteiger partial charge >= 0.3 is 0 Å². The van der Waals surface area contributed by atoms with Gasteiger partial charge in [0.2, 0.25) is 0 Å². The lowest BCUT2D eigenvalue weighted by Crippen LogP contribution is -2.13. The molecule has 108 valence electrons. The number of hydrogen-bond acceptors (Lipinski definition) is 4. The fourth-order valence-electron chi connectivity index (χ4n) is 1.62. The second-order valence-electron chi connectivity index (χ2n) is 4.23. The molecule has 0 spiro atoms. The number of nitrogens with zero attached hydrogens (tertiary/aromatic N) is 2. The summed E-state index contributed by atoms with van der Waals surface area (Å²) >= 11 is 5.86. The zero-order valence-corrected chi connectivity index (χ0v) is 12.3. The number of rotatable bonds is 5. The number of aliphatic hydroxyl groups excluding tert-OH is 1. The third-order valence-corrected chi connectivity index (χ3v) is 4.25. The maximum absolute atomic E-state index is 12.2. The molecule has 1 aromatic heterocycles. The molecule has 0 fully saturated rings. The average Bonchev–Trinajstić information content (AvgIpc) is 2.83. The summed E-state index contributed by atoms with van der Waals surface area (Å²) in [5.74, 6) is 0. The van der Waals surface area contributed by atoms with Gasteiger partial charge in [0.25, 0.3) is 10.0 Å². The van der Waals surface area contributed by atoms with Crippen LogP contribution in [0.4, 0.5) is 5.69 Å². The smallest absolute Gasteiger partial charge is 0.265 e. The summed E-state index contributed by atoms with van der Waals surface area (Å²) < 4.78 is 28.3. The molecule has 1 aromatic carbocycles. The third kappa shape index (κ3) is 3.30. The van der Waals surface area contributed by atoms with Crippen LogP contribution < -0.4 is 4.72 Å². The standard InChI is InChI=1S/C12H14ClN3O3S/c1-9-2-3-10(13)6-12(9)15-20(18,19)11-7-14-16(8-11)4-5-17/h2-3,6-8,15,17H,4-5H2,1H3. The first-order valence-corrected chi connectivity index (χ1v) is 7.71. The first-order valence-electron chi connectivity index (χ1n) is 5.84. The first-order chi connectivity index (χ1) is 9.42. The van der Waals surface area contributed by atoms with Crippen molar-refractivity contribution in [2.75, 3.05) is 11.3 Å². The average molecular weight is 316 g/mol. The van der Waals surface area contributed by atoms with Gasteiger partial charge in [0.15, 0.2) is 0 Å². The van der Waals surface area contributed by atoms with Gasteiger partial charge in [-0.1, -0.05) is 17.7 Å². The van der Waals surface area contributed by atoms with Crippen molar-refractivity contribution in [3.8, 4) is 0 Å². The number of aliphatic hydroxyl groups is 1. The summed E-state index contributed by atoms with van der Waals surface area (Å²) in [7, 11) is -3.72. The second-order valence-corrected chi connectivity index (χ2v) is 6.35. The van der Waals surface area contributed by atoms with Crippen molar-refractivity contribution in [1.29, 1.82) is 0 Å². The summed E-state index contributed by atoms with van der Waals surface area (Å²) in [4.78, 5) is 0.0327. The number of nitrogens with one attached hydrogen (secondary N) is 1. The first kappa shape index (κ1) is 14.8. The Kier molecular flexibility index (Phi) is 4.32. The lowest BCUT2D eigenvalue weighted by molar-refractivity contribution is 0.269. The van der Waals surface area contributed by atoms with Crippen LogP contribution in [0.25, 0.3) is 0 Å². The van der Waals surface area contributed by atoms with E-state index in [1.165, 1.54) is 17.1 Å². The van der Waals surface area contributed by atoms with E-state index in [1.807, 2.05) is 0 Å². The largest absolute Gasteiger partial charge is 0.394 e. The van der Waals surface area contributed by atoms with Gasteiger partial charge in [-0.2, -0.15) is 5.10 Å². The Morgan fingerprint density at radius 1 is 1.45 bits per heavy atom. The van der Waals surface area contributed by atoms with Crippen molar-refractivity contribution in [1.82, 2.24) is 9.78 Å². The van der Waals surface area contributed by atoms with Crippen LogP contribution in [0.1, 0.15) is 5.56 Å². The number of sulfonamides is 1. The minimum atomic E-state index is -3.72. The molecule has 0 unspecified atom stereocenters. The summed E-state index contributed by atoms with van der Waals surface area (Å²) in [5.41, 5.74) is 1.19. The van der Waals surface area contributed by atoms with Crippen LogP contribution in [-0.4, -0.2) is 29.9 Å². The predicted molar refractivity (Wildman–Crippen MR) is 76.3 cm³/mol. The molecular formula is C12H14ClN3O3S. The Bertz CT molecular complexity index is 712. The van der Waals surface area contributed by atoms with Gasteiger partial charge < -0.3 is 5.11 Å². The molecule has 0 amide bonds. The molecule has 0 atom stereocenters. The fraction of sp³-hybridized carbons (Fsp3) is 0.250. The van der Waals surface area contributed by atoms with Crippen molar-refractivity contribution >= 4 is 27.3 Å². The van der Waals surface area contributed by atoms with Crippen LogP contribution >= 0.6 is 11.6 Å². The molecule has 2 aromatic rings. The monoisotopic (exact) mass is 315 g/mol. The quantitative estimate of drug-likeness (QED) is 0.878. The van der Waals surface area contributed by atoms with Gasteiger partial charge in [-0.25, -0.2) is 8.42 Å². The van der Waals surface area contributed by atoms with E-state index < -0.39 is 10.0 Å². The maximum atomic E-state index is 12.2. The lowest BCUT2D eigenvalue weighted by atomic mass is 10.2. The molecule has 2 N–H and O–H groups in total. The van der Waals surface area contributed by atoms with E-state index in [0.717, 1.165) is 5.56 Å². The summed E-state index contributed by atoms with van der Waals surface area (Å²) in [6.07, 6.45) is 2.59. The van der Waals surface area contributed by atoms with Gasteiger partial charge in [0.05, 0.1) is 25.0 Å². The molecule has 0 saturated carbocycles. The Hall–Kier alpha value is -1.57. The van der Waals surface area contributed by atoms with E-state index in [-0.39, 0.29) is 18.0 Å². The van der Waals surface area contributed by atoms with Crippen LogP contribution in [0.3, 0.4) is 0 Å². The predicted octanol–water partition coefficient (Wildman–Crippen LogP) is 1.64. The molecule has 0 saturated heterocycles. The number of benzene rings is 1. The van der Waals surface area contributed by atoms with Crippen molar-refractivity contribution in [3.63, 3.8) is 0 Å². The van der Waals surface area contributed by atoms with E-state index in [9.17, 15) is 8.42 Å².